The standard InChI is InChI=1S/C14H17ClN2O/c1-17(13-7-11(15)2-3-12(13)16)14(18)10-5-8-4-9(8)6-10/h2-3,7-10H,4-6,16H2,1H3. The summed E-state index contributed by atoms with van der Waals surface area (Å²) in [4.78, 5) is 14.1. The number of nitrogen functional groups attached to an aromatic ring is 1. The number of fused-ring (bicyclic) bond motifs is 1. The number of amides is 1. The zero-order chi connectivity index (χ0) is 12.9. The van der Waals surface area contributed by atoms with Gasteiger partial charge in [0.2, 0.25) is 5.91 Å². The van der Waals surface area contributed by atoms with Crippen LogP contribution in [0.1, 0.15) is 19.3 Å². The lowest BCUT2D eigenvalue weighted by Gasteiger charge is -2.23. The van der Waals surface area contributed by atoms with Crippen LogP contribution >= 0.6 is 11.6 Å². The molecule has 3 rings (SSSR count). The zero-order valence-corrected chi connectivity index (χ0v) is 11.2. The molecule has 0 radical (unpaired) electrons. The topological polar surface area (TPSA) is 46.3 Å². The summed E-state index contributed by atoms with van der Waals surface area (Å²) in [6, 6.07) is 5.24. The number of carbonyl (C=O) groups excluding carboxylic acids is 1. The van der Waals surface area contributed by atoms with E-state index in [0.717, 1.165) is 24.7 Å². The van der Waals surface area contributed by atoms with E-state index in [9.17, 15) is 4.79 Å². The molecular formula is C14H17ClN2O. The van der Waals surface area contributed by atoms with Crippen LogP contribution in [0.25, 0.3) is 0 Å². The summed E-state index contributed by atoms with van der Waals surface area (Å²) in [6.07, 6.45) is 3.43. The van der Waals surface area contributed by atoms with Crippen molar-refractivity contribution in [2.75, 3.05) is 17.7 Å². The SMILES string of the molecule is CN(C(=O)C1CC2CC2C1)c1cc(Cl)ccc1N. The van der Waals surface area contributed by atoms with Gasteiger partial charge in [-0.15, -0.1) is 0 Å². The van der Waals surface area contributed by atoms with Crippen LogP contribution in [0.5, 0.6) is 0 Å². The van der Waals surface area contributed by atoms with E-state index < -0.39 is 0 Å². The molecule has 0 heterocycles. The summed E-state index contributed by atoms with van der Waals surface area (Å²) in [5.74, 6) is 1.97. The molecule has 0 spiro atoms. The molecule has 18 heavy (non-hydrogen) atoms. The first-order chi connectivity index (χ1) is 8.56. The van der Waals surface area contributed by atoms with Crippen LogP contribution < -0.4 is 10.6 Å². The number of nitrogens with two attached hydrogens (primary N) is 1. The molecule has 96 valence electrons. The number of anilines is 2. The molecule has 2 fully saturated rings. The first kappa shape index (κ1) is 11.8. The van der Waals surface area contributed by atoms with Crippen molar-refractivity contribution in [3.63, 3.8) is 0 Å². The molecule has 2 aliphatic rings. The highest BCUT2D eigenvalue weighted by Gasteiger charge is 2.48. The molecule has 0 aliphatic heterocycles. The third kappa shape index (κ3) is 1.97. The van der Waals surface area contributed by atoms with Crippen molar-refractivity contribution in [3.05, 3.63) is 23.2 Å². The monoisotopic (exact) mass is 264 g/mol. The Balaban J connectivity index is 1.78. The minimum atomic E-state index is 0.177. The molecule has 1 amide bonds. The molecule has 1 aromatic rings. The lowest BCUT2D eigenvalue weighted by molar-refractivity contribution is -0.122. The van der Waals surface area contributed by atoms with E-state index in [4.69, 9.17) is 17.3 Å². The summed E-state index contributed by atoms with van der Waals surface area (Å²) in [5.41, 5.74) is 7.22. The van der Waals surface area contributed by atoms with Crippen molar-refractivity contribution in [2.24, 2.45) is 17.8 Å². The molecule has 1 aromatic carbocycles. The quantitative estimate of drug-likeness (QED) is 0.835. The molecule has 3 nitrogen and oxygen atoms in total. The molecule has 0 saturated heterocycles. The number of carbonyl (C=O) groups is 1. The fourth-order valence-electron chi connectivity index (χ4n) is 3.12. The van der Waals surface area contributed by atoms with E-state index in [0.29, 0.717) is 16.4 Å². The van der Waals surface area contributed by atoms with Crippen LogP contribution in [0.4, 0.5) is 11.4 Å². The highest BCUT2D eigenvalue weighted by Crippen LogP contribution is 2.54. The number of nitrogens with zero attached hydrogens (tertiary/aromatic N) is 1. The van der Waals surface area contributed by atoms with Gasteiger partial charge in [-0.05, 0) is 49.3 Å². The largest absolute Gasteiger partial charge is 0.397 e. The van der Waals surface area contributed by atoms with E-state index in [1.807, 2.05) is 0 Å². The van der Waals surface area contributed by atoms with Gasteiger partial charge in [-0.3, -0.25) is 4.79 Å². The molecule has 2 aliphatic carbocycles. The molecule has 2 N–H and O–H groups in total. The van der Waals surface area contributed by atoms with Gasteiger partial charge < -0.3 is 10.6 Å². The third-order valence-electron chi connectivity index (χ3n) is 4.28. The summed E-state index contributed by atoms with van der Waals surface area (Å²) in [7, 11) is 1.79. The predicted octanol–water partition coefficient (Wildman–Crippen LogP) is 2.93. The Morgan fingerprint density at radius 3 is 2.67 bits per heavy atom. The van der Waals surface area contributed by atoms with Crippen molar-refractivity contribution in [1.82, 2.24) is 0 Å². The van der Waals surface area contributed by atoms with Crippen molar-refractivity contribution in [2.45, 2.75) is 19.3 Å². The Morgan fingerprint density at radius 2 is 2.00 bits per heavy atom. The minimum absolute atomic E-state index is 0.177. The molecule has 2 saturated carbocycles. The van der Waals surface area contributed by atoms with Gasteiger partial charge in [-0.25, -0.2) is 0 Å². The third-order valence-corrected chi connectivity index (χ3v) is 4.51. The van der Waals surface area contributed by atoms with Gasteiger partial charge in [0, 0.05) is 18.0 Å². The van der Waals surface area contributed by atoms with Crippen LogP contribution in [-0.2, 0) is 4.79 Å². The number of rotatable bonds is 2. The minimum Gasteiger partial charge on any atom is -0.397 e. The van der Waals surface area contributed by atoms with Gasteiger partial charge in [0.05, 0.1) is 11.4 Å². The molecule has 2 atom stereocenters. The maximum absolute atomic E-state index is 12.4. The fraction of sp³-hybridized carbons (Fsp3) is 0.500. The van der Waals surface area contributed by atoms with Crippen LogP contribution in [0, 0.1) is 17.8 Å². The maximum Gasteiger partial charge on any atom is 0.229 e. The normalized spacial score (nSPS) is 28.9. The summed E-state index contributed by atoms with van der Waals surface area (Å²) >= 11 is 5.96. The molecule has 2 unspecified atom stereocenters. The summed E-state index contributed by atoms with van der Waals surface area (Å²) < 4.78 is 0. The second-order valence-electron chi connectivity index (χ2n) is 5.52. The van der Waals surface area contributed by atoms with Crippen LogP contribution in [0.15, 0.2) is 18.2 Å². The second kappa shape index (κ2) is 4.16. The van der Waals surface area contributed by atoms with Gasteiger partial charge in [0.15, 0.2) is 0 Å². The van der Waals surface area contributed by atoms with E-state index in [2.05, 4.69) is 0 Å². The van der Waals surface area contributed by atoms with E-state index in [-0.39, 0.29) is 11.8 Å². The number of hydrogen-bond acceptors (Lipinski definition) is 2. The Bertz CT molecular complexity index is 493. The lowest BCUT2D eigenvalue weighted by Crippen LogP contribution is -2.32. The molecule has 0 aromatic heterocycles. The first-order valence-electron chi connectivity index (χ1n) is 6.39. The predicted molar refractivity (Wildman–Crippen MR) is 73.6 cm³/mol. The van der Waals surface area contributed by atoms with Crippen molar-refractivity contribution in [3.8, 4) is 0 Å². The summed E-state index contributed by atoms with van der Waals surface area (Å²) in [5, 5.41) is 0.605. The molecule has 4 heteroatoms. The van der Waals surface area contributed by atoms with Crippen molar-refractivity contribution >= 4 is 28.9 Å². The average molecular weight is 265 g/mol. The van der Waals surface area contributed by atoms with Gasteiger partial charge >= 0.3 is 0 Å². The first-order valence-corrected chi connectivity index (χ1v) is 6.76. The van der Waals surface area contributed by atoms with Gasteiger partial charge in [-0.1, -0.05) is 11.6 Å². The smallest absolute Gasteiger partial charge is 0.229 e. The second-order valence-corrected chi connectivity index (χ2v) is 5.96. The van der Waals surface area contributed by atoms with Crippen molar-refractivity contribution in [1.29, 1.82) is 0 Å². The van der Waals surface area contributed by atoms with E-state index in [1.165, 1.54) is 6.42 Å². The number of halogens is 1. The Morgan fingerprint density at radius 1 is 1.33 bits per heavy atom. The van der Waals surface area contributed by atoms with Gasteiger partial charge in [0.25, 0.3) is 0 Å². The summed E-state index contributed by atoms with van der Waals surface area (Å²) in [6.45, 7) is 0. The lowest BCUT2D eigenvalue weighted by atomic mass is 10.0. The number of benzene rings is 1. The Hall–Kier alpha value is -1.22. The highest BCUT2D eigenvalue weighted by atomic mass is 35.5. The molecular weight excluding hydrogens is 248 g/mol. The Kier molecular flexibility index (Phi) is 2.74. The highest BCUT2D eigenvalue weighted by molar-refractivity contribution is 6.31. The van der Waals surface area contributed by atoms with E-state index >= 15 is 0 Å². The fourth-order valence-corrected chi connectivity index (χ4v) is 3.28. The molecule has 0 bridgehead atoms. The van der Waals surface area contributed by atoms with Crippen LogP contribution in [0.2, 0.25) is 5.02 Å². The van der Waals surface area contributed by atoms with E-state index in [1.54, 1.807) is 30.1 Å². The maximum atomic E-state index is 12.4. The van der Waals surface area contributed by atoms with Crippen LogP contribution in [-0.4, -0.2) is 13.0 Å². The Labute approximate surface area is 112 Å². The van der Waals surface area contributed by atoms with Gasteiger partial charge in [-0.2, -0.15) is 0 Å². The van der Waals surface area contributed by atoms with Gasteiger partial charge in [0.1, 0.15) is 0 Å². The number of hydrogen-bond donors (Lipinski definition) is 1. The van der Waals surface area contributed by atoms with Crippen molar-refractivity contribution < 1.29 is 4.79 Å². The average Bonchev–Trinajstić information content (AvgIpc) is 2.97. The van der Waals surface area contributed by atoms with Crippen LogP contribution in [0.3, 0.4) is 0 Å². The zero-order valence-electron chi connectivity index (χ0n) is 10.4.